The number of rotatable bonds is 6. The molecule has 0 atom stereocenters. The molecule has 0 unspecified atom stereocenters. The number of nitrogens with zero attached hydrogens (tertiary/aromatic N) is 1. The predicted octanol–water partition coefficient (Wildman–Crippen LogP) is 4.53. The van der Waals surface area contributed by atoms with E-state index in [1.54, 1.807) is 30.4 Å². The molecule has 1 heterocycles. The molecule has 0 N–H and O–H groups in total. The molecule has 4 nitrogen and oxygen atoms in total. The van der Waals surface area contributed by atoms with Crippen LogP contribution >= 0.6 is 0 Å². The maximum Gasteiger partial charge on any atom is 0.251 e. The van der Waals surface area contributed by atoms with Gasteiger partial charge in [-0.2, -0.15) is 0 Å². The second-order valence-corrected chi connectivity index (χ2v) is 5.45. The second kappa shape index (κ2) is 8.02. The van der Waals surface area contributed by atoms with Crippen LogP contribution in [0, 0.1) is 0 Å². The van der Waals surface area contributed by atoms with Gasteiger partial charge in [0.25, 0.3) is 5.91 Å². The van der Waals surface area contributed by atoms with E-state index in [2.05, 4.69) is 0 Å². The maximum absolute atomic E-state index is 12.7. The number of furan rings is 1. The van der Waals surface area contributed by atoms with Crippen molar-refractivity contribution in [3.8, 4) is 5.75 Å². The lowest BCUT2D eigenvalue weighted by atomic mass is 10.2. The van der Waals surface area contributed by atoms with E-state index < -0.39 is 0 Å². The SMILES string of the molecule is COc1ccc(/C=C/C(=O)N(Cc2ccco2)c2ccccc2)cc1. The van der Waals surface area contributed by atoms with Crippen molar-refractivity contribution in [1.82, 2.24) is 0 Å². The van der Waals surface area contributed by atoms with Crippen LogP contribution in [0.5, 0.6) is 5.75 Å². The summed E-state index contributed by atoms with van der Waals surface area (Å²) in [5.41, 5.74) is 1.75. The van der Waals surface area contributed by atoms with E-state index in [0.717, 1.165) is 22.8 Å². The Balaban J connectivity index is 1.79. The zero-order valence-electron chi connectivity index (χ0n) is 14.0. The van der Waals surface area contributed by atoms with Crippen molar-refractivity contribution < 1.29 is 13.9 Å². The molecule has 3 aromatic rings. The number of benzene rings is 2. The Morgan fingerprint density at radius 3 is 2.44 bits per heavy atom. The highest BCUT2D eigenvalue weighted by atomic mass is 16.5. The first-order chi connectivity index (χ1) is 12.3. The van der Waals surface area contributed by atoms with E-state index in [1.807, 2.05) is 66.7 Å². The van der Waals surface area contributed by atoms with Crippen molar-refractivity contribution in [3.05, 3.63) is 90.4 Å². The van der Waals surface area contributed by atoms with Gasteiger partial charge in [-0.1, -0.05) is 30.3 Å². The summed E-state index contributed by atoms with van der Waals surface area (Å²) in [5.74, 6) is 1.40. The number of amides is 1. The molecule has 0 aliphatic carbocycles. The number of ether oxygens (including phenoxy) is 1. The minimum absolute atomic E-state index is 0.113. The van der Waals surface area contributed by atoms with Crippen LogP contribution in [0.3, 0.4) is 0 Å². The first kappa shape index (κ1) is 16.6. The van der Waals surface area contributed by atoms with Gasteiger partial charge in [0.15, 0.2) is 0 Å². The molecular weight excluding hydrogens is 314 g/mol. The Kier molecular flexibility index (Phi) is 5.32. The lowest BCUT2D eigenvalue weighted by Crippen LogP contribution is -2.28. The third-order valence-corrected chi connectivity index (χ3v) is 3.76. The van der Waals surface area contributed by atoms with E-state index in [-0.39, 0.29) is 5.91 Å². The molecule has 0 bridgehead atoms. The van der Waals surface area contributed by atoms with E-state index >= 15 is 0 Å². The standard InChI is InChI=1S/C21H19NO3/c1-24-19-12-9-17(10-13-19)11-14-21(23)22(16-20-8-5-15-25-20)18-6-3-2-4-7-18/h2-15H,16H2,1H3/b14-11+. The number of hydrogen-bond donors (Lipinski definition) is 0. The molecular formula is C21H19NO3. The van der Waals surface area contributed by atoms with Crippen LogP contribution in [0.1, 0.15) is 11.3 Å². The van der Waals surface area contributed by atoms with Crippen LogP contribution in [-0.4, -0.2) is 13.0 Å². The summed E-state index contributed by atoms with van der Waals surface area (Å²) < 4.78 is 10.5. The molecule has 0 saturated heterocycles. The van der Waals surface area contributed by atoms with Gasteiger partial charge in [-0.15, -0.1) is 0 Å². The number of para-hydroxylation sites is 1. The molecule has 0 saturated carbocycles. The van der Waals surface area contributed by atoms with Crippen LogP contribution in [0.2, 0.25) is 0 Å². The molecule has 1 aromatic heterocycles. The Bertz CT molecular complexity index is 821. The Morgan fingerprint density at radius 2 is 1.80 bits per heavy atom. The number of carbonyl (C=O) groups excluding carboxylic acids is 1. The van der Waals surface area contributed by atoms with Crippen molar-refractivity contribution in [1.29, 1.82) is 0 Å². The summed E-state index contributed by atoms with van der Waals surface area (Å²) in [7, 11) is 1.63. The molecule has 0 radical (unpaired) electrons. The van der Waals surface area contributed by atoms with E-state index in [1.165, 1.54) is 0 Å². The van der Waals surface area contributed by atoms with Gasteiger partial charge in [0.1, 0.15) is 11.5 Å². The topological polar surface area (TPSA) is 42.7 Å². The highest BCUT2D eigenvalue weighted by Gasteiger charge is 2.14. The van der Waals surface area contributed by atoms with Crippen LogP contribution in [0.4, 0.5) is 5.69 Å². The zero-order chi connectivity index (χ0) is 17.5. The molecule has 0 aliphatic heterocycles. The van der Waals surface area contributed by atoms with E-state index in [9.17, 15) is 4.79 Å². The molecule has 4 heteroatoms. The van der Waals surface area contributed by atoms with Gasteiger partial charge in [-0.3, -0.25) is 4.79 Å². The number of anilines is 1. The number of hydrogen-bond acceptors (Lipinski definition) is 3. The lowest BCUT2D eigenvalue weighted by molar-refractivity contribution is -0.114. The van der Waals surface area contributed by atoms with Gasteiger partial charge in [0.2, 0.25) is 0 Å². The molecule has 25 heavy (non-hydrogen) atoms. The van der Waals surface area contributed by atoms with Crippen LogP contribution < -0.4 is 9.64 Å². The summed E-state index contributed by atoms with van der Waals surface area (Å²) in [6, 6.07) is 20.8. The molecule has 3 rings (SSSR count). The lowest BCUT2D eigenvalue weighted by Gasteiger charge is -2.20. The largest absolute Gasteiger partial charge is 0.497 e. The maximum atomic E-state index is 12.7. The summed E-state index contributed by atoms with van der Waals surface area (Å²) in [5, 5.41) is 0. The summed E-state index contributed by atoms with van der Waals surface area (Å²) >= 11 is 0. The predicted molar refractivity (Wildman–Crippen MR) is 98.4 cm³/mol. The van der Waals surface area contributed by atoms with Gasteiger partial charge in [0, 0.05) is 11.8 Å². The molecule has 0 spiro atoms. The minimum Gasteiger partial charge on any atom is -0.497 e. The molecule has 0 aliphatic rings. The fourth-order valence-corrected chi connectivity index (χ4v) is 2.44. The van der Waals surface area contributed by atoms with Gasteiger partial charge < -0.3 is 14.1 Å². The average Bonchev–Trinajstić information content (AvgIpc) is 3.18. The van der Waals surface area contributed by atoms with Gasteiger partial charge in [0.05, 0.1) is 19.9 Å². The van der Waals surface area contributed by atoms with Crippen LogP contribution in [0.15, 0.2) is 83.5 Å². The average molecular weight is 333 g/mol. The van der Waals surface area contributed by atoms with Crippen molar-refractivity contribution in [2.75, 3.05) is 12.0 Å². The summed E-state index contributed by atoms with van der Waals surface area (Å²) in [6.07, 6.45) is 4.97. The van der Waals surface area contributed by atoms with Gasteiger partial charge in [-0.25, -0.2) is 0 Å². The molecule has 0 fully saturated rings. The quantitative estimate of drug-likeness (QED) is 0.622. The van der Waals surface area contributed by atoms with Crippen molar-refractivity contribution in [2.24, 2.45) is 0 Å². The Labute approximate surface area is 147 Å². The smallest absolute Gasteiger partial charge is 0.251 e. The highest BCUT2D eigenvalue weighted by Crippen LogP contribution is 2.18. The number of methoxy groups -OCH3 is 1. The monoisotopic (exact) mass is 333 g/mol. The van der Waals surface area contributed by atoms with Crippen LogP contribution in [-0.2, 0) is 11.3 Å². The normalized spacial score (nSPS) is 10.8. The Morgan fingerprint density at radius 1 is 1.04 bits per heavy atom. The third kappa shape index (κ3) is 4.38. The van der Waals surface area contributed by atoms with Crippen LogP contribution in [0.25, 0.3) is 6.08 Å². The van der Waals surface area contributed by atoms with Crippen molar-refractivity contribution >= 4 is 17.7 Å². The Hall–Kier alpha value is -3.27. The summed E-state index contributed by atoms with van der Waals surface area (Å²) in [4.78, 5) is 14.4. The van der Waals surface area contributed by atoms with E-state index in [4.69, 9.17) is 9.15 Å². The first-order valence-corrected chi connectivity index (χ1v) is 7.97. The van der Waals surface area contributed by atoms with E-state index in [0.29, 0.717) is 6.54 Å². The van der Waals surface area contributed by atoms with Crippen molar-refractivity contribution in [2.45, 2.75) is 6.54 Å². The van der Waals surface area contributed by atoms with Crippen molar-refractivity contribution in [3.63, 3.8) is 0 Å². The fraction of sp³-hybridized carbons (Fsp3) is 0.0952. The molecule has 1 amide bonds. The minimum atomic E-state index is -0.113. The molecule has 126 valence electrons. The zero-order valence-corrected chi connectivity index (χ0v) is 14.0. The van der Waals surface area contributed by atoms with Gasteiger partial charge in [-0.05, 0) is 48.0 Å². The van der Waals surface area contributed by atoms with Gasteiger partial charge >= 0.3 is 0 Å². The second-order valence-electron chi connectivity index (χ2n) is 5.45. The molecule has 2 aromatic carbocycles. The summed E-state index contributed by atoms with van der Waals surface area (Å²) in [6.45, 7) is 0.378. The number of carbonyl (C=O) groups is 1. The first-order valence-electron chi connectivity index (χ1n) is 7.97. The third-order valence-electron chi connectivity index (χ3n) is 3.76. The fourth-order valence-electron chi connectivity index (χ4n) is 2.44. The highest BCUT2D eigenvalue weighted by molar-refractivity contribution is 6.03.